The van der Waals surface area contributed by atoms with Crippen molar-refractivity contribution >= 4 is 41.0 Å². The maximum Gasteiger partial charge on any atom is 0.324 e. The van der Waals surface area contributed by atoms with Crippen LogP contribution >= 0.6 is 11.6 Å². The summed E-state index contributed by atoms with van der Waals surface area (Å²) in [6.45, 7) is 4.19. The van der Waals surface area contributed by atoms with Gasteiger partial charge in [-0.1, -0.05) is 11.6 Å². The number of hydrogen-bond donors (Lipinski definition) is 3. The molecule has 1 fully saturated rings. The number of rotatable bonds is 3. The molecule has 0 atom stereocenters. The Labute approximate surface area is 149 Å². The van der Waals surface area contributed by atoms with E-state index in [1.807, 2.05) is 13.8 Å². The largest absolute Gasteiger partial charge is 0.383 e. The summed E-state index contributed by atoms with van der Waals surface area (Å²) in [5.41, 5.74) is 6.19. The van der Waals surface area contributed by atoms with E-state index in [1.54, 1.807) is 24.3 Å². The van der Waals surface area contributed by atoms with Gasteiger partial charge in [-0.3, -0.25) is 9.69 Å². The number of aromatic nitrogens is 2. The van der Waals surface area contributed by atoms with E-state index in [0.29, 0.717) is 17.3 Å². The molecule has 0 saturated carbocycles. The number of carbonyl (C=O) groups is 2. The van der Waals surface area contributed by atoms with Gasteiger partial charge in [-0.2, -0.15) is 4.98 Å². The molecule has 1 aromatic carbocycles. The summed E-state index contributed by atoms with van der Waals surface area (Å²) in [5, 5.41) is 6.07. The minimum absolute atomic E-state index is 0.00558. The molecule has 0 bridgehead atoms. The molecular weight excluding hydrogens is 344 g/mol. The molecule has 0 spiro atoms. The van der Waals surface area contributed by atoms with Gasteiger partial charge in [0.05, 0.1) is 12.1 Å². The molecule has 2 heterocycles. The lowest BCUT2D eigenvalue weighted by atomic mass is 10.1. The van der Waals surface area contributed by atoms with Gasteiger partial charge in [-0.15, -0.1) is 0 Å². The van der Waals surface area contributed by atoms with E-state index in [0.717, 1.165) is 0 Å². The minimum atomic E-state index is -0.447. The van der Waals surface area contributed by atoms with Crippen molar-refractivity contribution in [2.24, 2.45) is 0 Å². The molecule has 25 heavy (non-hydrogen) atoms. The number of carbonyl (C=O) groups excluding carboxylic acids is 2. The lowest BCUT2D eigenvalue weighted by Gasteiger charge is -2.17. The first kappa shape index (κ1) is 17.0. The topological polar surface area (TPSA) is 113 Å². The number of nitrogen functional groups attached to an aromatic ring is 1. The third-order valence-corrected chi connectivity index (χ3v) is 3.89. The van der Waals surface area contributed by atoms with Crippen LogP contribution in [0.3, 0.4) is 0 Å². The number of urea groups is 1. The Morgan fingerprint density at radius 2 is 2.04 bits per heavy atom. The van der Waals surface area contributed by atoms with Crippen LogP contribution in [0.2, 0.25) is 5.02 Å². The van der Waals surface area contributed by atoms with Crippen molar-refractivity contribution in [1.29, 1.82) is 0 Å². The van der Waals surface area contributed by atoms with Crippen LogP contribution in [0, 0.1) is 0 Å². The molecule has 1 aromatic heterocycles. The van der Waals surface area contributed by atoms with E-state index in [-0.39, 0.29) is 28.9 Å². The van der Waals surface area contributed by atoms with Gasteiger partial charge in [-0.05, 0) is 38.1 Å². The van der Waals surface area contributed by atoms with E-state index >= 15 is 0 Å². The molecule has 4 N–H and O–H groups in total. The van der Waals surface area contributed by atoms with Gasteiger partial charge in [0.15, 0.2) is 0 Å². The van der Waals surface area contributed by atoms with E-state index < -0.39 is 5.91 Å². The van der Waals surface area contributed by atoms with Gasteiger partial charge >= 0.3 is 6.03 Å². The number of halogens is 1. The number of amides is 3. The Morgan fingerprint density at radius 3 is 2.60 bits per heavy atom. The lowest BCUT2D eigenvalue weighted by molar-refractivity contribution is 0.102. The molecule has 0 unspecified atom stereocenters. The smallest absolute Gasteiger partial charge is 0.324 e. The van der Waals surface area contributed by atoms with Gasteiger partial charge in [0.25, 0.3) is 5.91 Å². The number of hydrogen-bond acceptors (Lipinski definition) is 5. The van der Waals surface area contributed by atoms with Crippen LogP contribution < -0.4 is 21.3 Å². The van der Waals surface area contributed by atoms with E-state index in [4.69, 9.17) is 17.3 Å². The Balaban J connectivity index is 1.79. The fourth-order valence-corrected chi connectivity index (χ4v) is 2.57. The van der Waals surface area contributed by atoms with Crippen molar-refractivity contribution in [3.05, 3.63) is 41.0 Å². The normalized spacial score (nSPS) is 15.8. The number of nitrogens with two attached hydrogens (primary N) is 1. The lowest BCUT2D eigenvalue weighted by Crippen LogP contribution is -2.36. The summed E-state index contributed by atoms with van der Waals surface area (Å²) in [5.74, 6) is -0.296. The number of benzene rings is 1. The molecule has 1 aliphatic heterocycles. The maximum atomic E-state index is 12.3. The first-order valence-corrected chi connectivity index (χ1v) is 7.92. The average molecular weight is 361 g/mol. The molecule has 9 heteroatoms. The van der Waals surface area contributed by atoms with Gasteiger partial charge in [0.1, 0.15) is 11.4 Å². The fourth-order valence-electron chi connectivity index (χ4n) is 2.45. The third kappa shape index (κ3) is 3.63. The predicted molar refractivity (Wildman–Crippen MR) is 95.8 cm³/mol. The summed E-state index contributed by atoms with van der Waals surface area (Å²) < 4.78 is 0. The molecule has 1 aliphatic rings. The minimum Gasteiger partial charge on any atom is -0.383 e. The Morgan fingerprint density at radius 1 is 1.36 bits per heavy atom. The second-order valence-electron chi connectivity index (χ2n) is 6.33. The van der Waals surface area contributed by atoms with E-state index in [9.17, 15) is 9.59 Å². The van der Waals surface area contributed by atoms with Crippen LogP contribution in [0.1, 0.15) is 24.2 Å². The van der Waals surface area contributed by atoms with Gasteiger partial charge in [-0.25, -0.2) is 9.78 Å². The quantitative estimate of drug-likeness (QED) is 0.777. The highest BCUT2D eigenvalue weighted by Crippen LogP contribution is 2.22. The zero-order valence-corrected chi connectivity index (χ0v) is 14.5. The van der Waals surface area contributed by atoms with Gasteiger partial charge < -0.3 is 16.4 Å². The van der Waals surface area contributed by atoms with Crippen molar-refractivity contribution in [2.45, 2.75) is 19.4 Å². The molecule has 0 radical (unpaired) electrons. The zero-order chi connectivity index (χ0) is 18.2. The predicted octanol–water partition coefficient (Wildman–Crippen LogP) is 2.27. The average Bonchev–Trinajstić information content (AvgIpc) is 2.82. The first-order chi connectivity index (χ1) is 11.7. The summed E-state index contributed by atoms with van der Waals surface area (Å²) >= 11 is 5.81. The molecule has 130 valence electrons. The highest BCUT2D eigenvalue weighted by molar-refractivity contribution is 6.30. The molecule has 8 nitrogen and oxygen atoms in total. The van der Waals surface area contributed by atoms with E-state index in [2.05, 4.69) is 20.6 Å². The number of nitrogens with zero attached hydrogens (tertiary/aromatic N) is 3. The molecule has 3 rings (SSSR count). The van der Waals surface area contributed by atoms with Gasteiger partial charge in [0.2, 0.25) is 5.95 Å². The van der Waals surface area contributed by atoms with Crippen LogP contribution in [0.5, 0.6) is 0 Å². The maximum absolute atomic E-state index is 12.3. The second kappa shape index (κ2) is 6.21. The Kier molecular flexibility index (Phi) is 4.22. The Hall–Kier alpha value is -2.87. The summed E-state index contributed by atoms with van der Waals surface area (Å²) in [6.07, 6.45) is 1.31. The zero-order valence-electron chi connectivity index (χ0n) is 13.7. The van der Waals surface area contributed by atoms with Crippen molar-refractivity contribution in [1.82, 2.24) is 15.3 Å². The molecule has 2 aromatic rings. The van der Waals surface area contributed by atoms with E-state index in [1.165, 1.54) is 11.1 Å². The van der Waals surface area contributed by atoms with Crippen LogP contribution in [0.25, 0.3) is 0 Å². The van der Waals surface area contributed by atoms with Crippen LogP contribution in [-0.2, 0) is 0 Å². The number of anilines is 3. The van der Waals surface area contributed by atoms with Crippen molar-refractivity contribution in [3.8, 4) is 0 Å². The van der Waals surface area contributed by atoms with Crippen LogP contribution in [-0.4, -0.2) is 34.0 Å². The summed E-state index contributed by atoms with van der Waals surface area (Å²) in [6, 6.07) is 6.36. The highest BCUT2D eigenvalue weighted by atomic mass is 35.5. The summed E-state index contributed by atoms with van der Waals surface area (Å²) in [7, 11) is 0. The monoisotopic (exact) mass is 360 g/mol. The SMILES string of the molecule is CC1(C)CN(c2ncc(C(=O)Nc3ccc(Cl)cc3)c(N)n2)C(=O)N1. The standard InChI is InChI=1S/C16H17ClN6O2/c1-16(2)8-23(15(25)22-16)14-19-7-11(12(18)21-14)13(24)20-10-5-3-9(17)4-6-10/h3-7H,8H2,1-2H3,(H,20,24)(H,22,25)(H2,18,19,21). The Bertz CT molecular complexity index is 837. The summed E-state index contributed by atoms with van der Waals surface area (Å²) in [4.78, 5) is 33.9. The van der Waals surface area contributed by atoms with Crippen molar-refractivity contribution in [3.63, 3.8) is 0 Å². The highest BCUT2D eigenvalue weighted by Gasteiger charge is 2.37. The number of nitrogens with one attached hydrogen (secondary N) is 2. The molecular formula is C16H17ClN6O2. The first-order valence-electron chi connectivity index (χ1n) is 7.54. The van der Waals surface area contributed by atoms with Crippen molar-refractivity contribution < 1.29 is 9.59 Å². The van der Waals surface area contributed by atoms with Crippen LogP contribution in [0.15, 0.2) is 30.5 Å². The fraction of sp³-hybridized carbons (Fsp3) is 0.250. The van der Waals surface area contributed by atoms with Crippen LogP contribution in [0.4, 0.5) is 22.2 Å². The molecule has 0 aliphatic carbocycles. The molecule has 3 amide bonds. The van der Waals surface area contributed by atoms with Crippen molar-refractivity contribution in [2.75, 3.05) is 22.5 Å². The van der Waals surface area contributed by atoms with Gasteiger partial charge in [0, 0.05) is 16.9 Å². The second-order valence-corrected chi connectivity index (χ2v) is 6.77. The molecule has 1 saturated heterocycles. The third-order valence-electron chi connectivity index (χ3n) is 3.64.